The number of carbonyl (C=O) groups excluding carboxylic acids is 1. The highest BCUT2D eigenvalue weighted by molar-refractivity contribution is 5.85. The van der Waals surface area contributed by atoms with Crippen molar-refractivity contribution in [2.75, 3.05) is 6.54 Å². The van der Waals surface area contributed by atoms with Crippen molar-refractivity contribution in [1.82, 2.24) is 5.32 Å². The number of benzene rings is 2. The molecule has 0 spiro atoms. The number of nitrogens with two attached hydrogens (primary N) is 1. The Hall–Kier alpha value is -2.04. The number of amides is 1. The molecular formula is C21H27ClN2O2. The summed E-state index contributed by atoms with van der Waals surface area (Å²) in [6, 6.07) is 18.2. The van der Waals surface area contributed by atoms with Gasteiger partial charge in [-0.3, -0.25) is 4.79 Å². The molecular weight excluding hydrogens is 348 g/mol. The van der Waals surface area contributed by atoms with E-state index in [0.29, 0.717) is 13.2 Å². The molecule has 0 aromatic heterocycles. The zero-order valence-corrected chi connectivity index (χ0v) is 15.7. The van der Waals surface area contributed by atoms with Gasteiger partial charge in [-0.15, -0.1) is 12.4 Å². The van der Waals surface area contributed by atoms with Crippen LogP contribution in [-0.4, -0.2) is 18.5 Å². The summed E-state index contributed by atoms with van der Waals surface area (Å²) in [5.74, 6) is 0.954. The maximum Gasteiger partial charge on any atom is 0.224 e. The highest BCUT2D eigenvalue weighted by atomic mass is 35.5. The van der Waals surface area contributed by atoms with Gasteiger partial charge in [0.2, 0.25) is 5.91 Å². The molecule has 2 unspecified atom stereocenters. The van der Waals surface area contributed by atoms with Gasteiger partial charge in [-0.05, 0) is 42.5 Å². The minimum Gasteiger partial charge on any atom is -0.489 e. The number of halogens is 1. The van der Waals surface area contributed by atoms with Crippen LogP contribution < -0.4 is 15.8 Å². The lowest BCUT2D eigenvalue weighted by Gasteiger charge is -2.15. The van der Waals surface area contributed by atoms with E-state index < -0.39 is 0 Å². The standard InChI is InChI=1S/C21H26N2O2.ClH/c22-20-8-4-7-19(20)21(24)23-14-13-16-9-11-18(12-10-16)25-15-17-5-2-1-3-6-17;/h1-3,5-6,9-12,19-20H,4,7-8,13-15,22H2,(H,23,24);1H. The van der Waals surface area contributed by atoms with Crippen LogP contribution in [0, 0.1) is 5.92 Å². The second-order valence-corrected chi connectivity index (χ2v) is 6.66. The highest BCUT2D eigenvalue weighted by Crippen LogP contribution is 2.23. The van der Waals surface area contributed by atoms with Gasteiger partial charge >= 0.3 is 0 Å². The first-order chi connectivity index (χ1) is 12.2. The topological polar surface area (TPSA) is 64.4 Å². The molecule has 0 radical (unpaired) electrons. The molecule has 3 rings (SSSR count). The van der Waals surface area contributed by atoms with E-state index >= 15 is 0 Å². The average molecular weight is 375 g/mol. The van der Waals surface area contributed by atoms with E-state index in [1.807, 2.05) is 54.6 Å². The lowest BCUT2D eigenvalue weighted by Crippen LogP contribution is -2.39. The first-order valence-corrected chi connectivity index (χ1v) is 9.01. The van der Waals surface area contributed by atoms with Gasteiger partial charge in [0.05, 0.1) is 5.92 Å². The molecule has 0 saturated heterocycles. The van der Waals surface area contributed by atoms with Crippen LogP contribution in [0.3, 0.4) is 0 Å². The van der Waals surface area contributed by atoms with Crippen molar-refractivity contribution in [3.05, 3.63) is 65.7 Å². The van der Waals surface area contributed by atoms with E-state index in [9.17, 15) is 4.79 Å². The number of rotatable bonds is 7. The minimum absolute atomic E-state index is 0. The summed E-state index contributed by atoms with van der Waals surface area (Å²) >= 11 is 0. The van der Waals surface area contributed by atoms with Crippen molar-refractivity contribution in [3.63, 3.8) is 0 Å². The summed E-state index contributed by atoms with van der Waals surface area (Å²) in [7, 11) is 0. The van der Waals surface area contributed by atoms with Crippen LogP contribution in [0.5, 0.6) is 5.75 Å². The van der Waals surface area contributed by atoms with Crippen LogP contribution in [0.1, 0.15) is 30.4 Å². The summed E-state index contributed by atoms with van der Waals surface area (Å²) in [4.78, 5) is 12.1. The molecule has 0 bridgehead atoms. The Morgan fingerprint density at radius 1 is 1.04 bits per heavy atom. The van der Waals surface area contributed by atoms with Crippen molar-refractivity contribution in [1.29, 1.82) is 0 Å². The molecule has 2 aromatic carbocycles. The Morgan fingerprint density at radius 2 is 1.77 bits per heavy atom. The van der Waals surface area contributed by atoms with Crippen LogP contribution in [0.15, 0.2) is 54.6 Å². The lowest BCUT2D eigenvalue weighted by molar-refractivity contribution is -0.125. The summed E-state index contributed by atoms with van der Waals surface area (Å²) in [6.07, 6.45) is 3.75. The maximum atomic E-state index is 12.1. The van der Waals surface area contributed by atoms with Gasteiger partial charge in [-0.1, -0.05) is 48.9 Å². The van der Waals surface area contributed by atoms with Crippen LogP contribution in [-0.2, 0) is 17.8 Å². The van der Waals surface area contributed by atoms with Gasteiger partial charge in [0, 0.05) is 12.6 Å². The molecule has 26 heavy (non-hydrogen) atoms. The third-order valence-electron chi connectivity index (χ3n) is 4.79. The van der Waals surface area contributed by atoms with Gasteiger partial charge in [0.1, 0.15) is 12.4 Å². The molecule has 0 aliphatic heterocycles. The first kappa shape index (κ1) is 20.3. The summed E-state index contributed by atoms with van der Waals surface area (Å²) in [5.41, 5.74) is 8.31. The monoisotopic (exact) mass is 374 g/mol. The number of nitrogens with one attached hydrogen (secondary N) is 1. The maximum absolute atomic E-state index is 12.1. The van der Waals surface area contributed by atoms with Crippen molar-refractivity contribution >= 4 is 18.3 Å². The van der Waals surface area contributed by atoms with Crippen molar-refractivity contribution in [3.8, 4) is 5.75 Å². The first-order valence-electron chi connectivity index (χ1n) is 9.01. The van der Waals surface area contributed by atoms with Crippen LogP contribution in [0.4, 0.5) is 0 Å². The normalized spacial score (nSPS) is 18.8. The van der Waals surface area contributed by atoms with Crippen molar-refractivity contribution in [2.24, 2.45) is 11.7 Å². The number of hydrogen-bond acceptors (Lipinski definition) is 3. The molecule has 4 nitrogen and oxygen atoms in total. The molecule has 3 N–H and O–H groups in total. The van der Waals surface area contributed by atoms with Crippen molar-refractivity contribution < 1.29 is 9.53 Å². The SMILES string of the molecule is Cl.NC1CCCC1C(=O)NCCc1ccc(OCc2ccccc2)cc1. The fourth-order valence-corrected chi connectivity index (χ4v) is 3.27. The molecule has 1 aliphatic carbocycles. The Kier molecular flexibility index (Phi) is 7.95. The second-order valence-electron chi connectivity index (χ2n) is 6.66. The quantitative estimate of drug-likeness (QED) is 0.779. The largest absolute Gasteiger partial charge is 0.489 e. The number of ether oxygens (including phenoxy) is 1. The average Bonchev–Trinajstić information content (AvgIpc) is 3.08. The molecule has 1 saturated carbocycles. The Morgan fingerprint density at radius 3 is 2.42 bits per heavy atom. The Balaban J connectivity index is 0.00000243. The molecule has 1 fully saturated rings. The number of hydrogen-bond donors (Lipinski definition) is 2. The fraction of sp³-hybridized carbons (Fsp3) is 0.381. The zero-order valence-electron chi connectivity index (χ0n) is 14.9. The molecule has 140 valence electrons. The molecule has 1 amide bonds. The van der Waals surface area contributed by atoms with Gasteiger partial charge in [-0.2, -0.15) is 0 Å². The van der Waals surface area contributed by atoms with Crippen LogP contribution in [0.25, 0.3) is 0 Å². The highest BCUT2D eigenvalue weighted by Gasteiger charge is 2.29. The van der Waals surface area contributed by atoms with E-state index in [-0.39, 0.29) is 30.3 Å². The van der Waals surface area contributed by atoms with Crippen LogP contribution in [0.2, 0.25) is 0 Å². The zero-order chi connectivity index (χ0) is 17.5. The van der Waals surface area contributed by atoms with E-state index in [2.05, 4.69) is 5.32 Å². The third-order valence-corrected chi connectivity index (χ3v) is 4.79. The van der Waals surface area contributed by atoms with Gasteiger partial charge in [0.25, 0.3) is 0 Å². The Labute approximate surface area is 161 Å². The second kappa shape index (κ2) is 10.2. The van der Waals surface area contributed by atoms with E-state index in [1.54, 1.807) is 0 Å². The minimum atomic E-state index is -0.00578. The summed E-state index contributed by atoms with van der Waals surface area (Å²) in [5, 5.41) is 3.01. The molecule has 1 aliphatic rings. The predicted octanol–water partition coefficient (Wildman–Crippen LogP) is 3.47. The summed E-state index contributed by atoms with van der Waals surface area (Å²) < 4.78 is 5.79. The fourth-order valence-electron chi connectivity index (χ4n) is 3.27. The van der Waals surface area contributed by atoms with Crippen LogP contribution >= 0.6 is 12.4 Å². The van der Waals surface area contributed by atoms with E-state index in [4.69, 9.17) is 10.5 Å². The number of carbonyl (C=O) groups is 1. The summed E-state index contributed by atoms with van der Waals surface area (Å²) in [6.45, 7) is 1.21. The lowest BCUT2D eigenvalue weighted by atomic mass is 10.0. The van der Waals surface area contributed by atoms with Gasteiger partial charge < -0.3 is 15.8 Å². The Bertz CT molecular complexity index is 676. The third kappa shape index (κ3) is 5.75. The molecule has 5 heteroatoms. The van der Waals surface area contributed by atoms with Crippen molar-refractivity contribution in [2.45, 2.75) is 38.3 Å². The predicted molar refractivity (Wildman–Crippen MR) is 106 cm³/mol. The van der Waals surface area contributed by atoms with E-state index in [0.717, 1.165) is 37.0 Å². The van der Waals surface area contributed by atoms with Gasteiger partial charge in [-0.25, -0.2) is 0 Å². The smallest absolute Gasteiger partial charge is 0.224 e. The molecule has 0 heterocycles. The van der Waals surface area contributed by atoms with Gasteiger partial charge in [0.15, 0.2) is 0 Å². The molecule has 2 aromatic rings. The van der Waals surface area contributed by atoms with E-state index in [1.165, 1.54) is 5.56 Å². The molecule has 2 atom stereocenters.